The summed E-state index contributed by atoms with van der Waals surface area (Å²) in [5.74, 6) is 0.238. The number of carbonyl (C=O) groups is 2. The molecule has 0 N–H and O–H groups in total. The van der Waals surface area contributed by atoms with E-state index in [1.165, 1.54) is 24.3 Å². The number of hydrogen-bond donors (Lipinski definition) is 0. The molecule has 2 fully saturated rings. The molecule has 8 heteroatoms. The Hall–Kier alpha value is -2.87. The second kappa shape index (κ2) is 11.2. The molecule has 1 aliphatic heterocycles. The van der Waals surface area contributed by atoms with Crippen molar-refractivity contribution in [3.63, 3.8) is 0 Å². The first kappa shape index (κ1) is 25.2. The lowest BCUT2D eigenvalue weighted by Crippen LogP contribution is -2.51. The summed E-state index contributed by atoms with van der Waals surface area (Å²) in [4.78, 5) is 37.4. The minimum Gasteiger partial charge on any atom is -0.475 e. The molecule has 1 saturated heterocycles. The van der Waals surface area contributed by atoms with Crippen molar-refractivity contribution in [3.8, 4) is 5.88 Å². The summed E-state index contributed by atoms with van der Waals surface area (Å²) in [6.45, 7) is 7.58. The predicted octanol–water partition coefficient (Wildman–Crippen LogP) is 4.34. The van der Waals surface area contributed by atoms with Gasteiger partial charge in [0.25, 0.3) is 0 Å². The molecule has 0 radical (unpaired) electrons. The number of amides is 1. The number of aromatic nitrogens is 2. The van der Waals surface area contributed by atoms with Crippen LogP contribution in [0.4, 0.5) is 4.39 Å². The number of ketones is 1. The molecule has 1 unspecified atom stereocenters. The van der Waals surface area contributed by atoms with Crippen molar-refractivity contribution in [2.45, 2.75) is 58.5 Å². The minimum absolute atomic E-state index is 0.00145. The number of hydrogen-bond acceptors (Lipinski definition) is 6. The highest BCUT2D eigenvalue weighted by Crippen LogP contribution is 2.34. The molecule has 3 atom stereocenters. The molecule has 7 nitrogen and oxygen atoms in total. The van der Waals surface area contributed by atoms with Gasteiger partial charge in [-0.2, -0.15) is 4.98 Å². The molecule has 2 heterocycles. The fourth-order valence-corrected chi connectivity index (χ4v) is 4.90. The monoisotopic (exact) mass is 483 g/mol. The van der Waals surface area contributed by atoms with Gasteiger partial charge in [0.15, 0.2) is 5.78 Å². The molecule has 0 bridgehead atoms. The molecule has 1 saturated carbocycles. The van der Waals surface area contributed by atoms with Crippen LogP contribution in [0.15, 0.2) is 30.3 Å². The van der Waals surface area contributed by atoms with E-state index in [0.717, 1.165) is 24.4 Å². The Balaban J connectivity index is 1.39. The molecule has 1 amide bonds. The van der Waals surface area contributed by atoms with Gasteiger partial charge in [0.1, 0.15) is 24.4 Å². The van der Waals surface area contributed by atoms with Crippen LogP contribution in [-0.4, -0.2) is 59.0 Å². The summed E-state index contributed by atoms with van der Waals surface area (Å²) in [5, 5.41) is 0. The third kappa shape index (κ3) is 6.23. The number of aryl methyl sites for hydroxylation is 1. The molecule has 1 aromatic carbocycles. The maximum absolute atomic E-state index is 13.5. The van der Waals surface area contributed by atoms with Crippen molar-refractivity contribution in [1.29, 1.82) is 0 Å². The van der Waals surface area contributed by atoms with E-state index in [0.29, 0.717) is 44.0 Å². The Morgan fingerprint density at radius 3 is 2.57 bits per heavy atom. The molecule has 1 aromatic heterocycles. The molecular weight excluding hydrogens is 449 g/mol. The Morgan fingerprint density at radius 2 is 1.86 bits per heavy atom. The number of halogens is 1. The van der Waals surface area contributed by atoms with Crippen LogP contribution in [0.5, 0.6) is 5.88 Å². The van der Waals surface area contributed by atoms with Crippen molar-refractivity contribution in [2.75, 3.05) is 26.3 Å². The Kier molecular flexibility index (Phi) is 8.11. The van der Waals surface area contributed by atoms with Crippen LogP contribution < -0.4 is 4.74 Å². The number of benzene rings is 1. The highest BCUT2D eigenvalue weighted by atomic mass is 19.1. The van der Waals surface area contributed by atoms with Gasteiger partial charge in [-0.15, -0.1) is 0 Å². The SMILES string of the molecule is Cc1cc(OCC2CN(C(=O)[C@H]3CCCC[C@@H]3C(=O)c3ccc(F)cc3)CCO2)nc(C(C)C)n1. The second-order valence-electron chi connectivity index (χ2n) is 9.82. The Morgan fingerprint density at radius 1 is 1.14 bits per heavy atom. The van der Waals surface area contributed by atoms with E-state index in [4.69, 9.17) is 9.47 Å². The lowest BCUT2D eigenvalue weighted by Gasteiger charge is -2.38. The van der Waals surface area contributed by atoms with Crippen LogP contribution in [0.2, 0.25) is 0 Å². The summed E-state index contributed by atoms with van der Waals surface area (Å²) in [6.07, 6.45) is 2.92. The smallest absolute Gasteiger partial charge is 0.226 e. The molecule has 0 spiro atoms. The number of rotatable bonds is 7. The van der Waals surface area contributed by atoms with E-state index in [2.05, 4.69) is 9.97 Å². The lowest BCUT2D eigenvalue weighted by atomic mass is 9.74. The van der Waals surface area contributed by atoms with Crippen LogP contribution in [0.1, 0.15) is 67.3 Å². The number of nitrogens with zero attached hydrogens (tertiary/aromatic N) is 3. The van der Waals surface area contributed by atoms with Gasteiger partial charge in [0.05, 0.1) is 13.2 Å². The van der Waals surface area contributed by atoms with Gasteiger partial charge in [0.2, 0.25) is 11.8 Å². The van der Waals surface area contributed by atoms with Crippen molar-refractivity contribution >= 4 is 11.7 Å². The third-order valence-corrected chi connectivity index (χ3v) is 6.78. The van der Waals surface area contributed by atoms with E-state index in [1.807, 2.05) is 25.7 Å². The number of ether oxygens (including phenoxy) is 2. The van der Waals surface area contributed by atoms with Crippen LogP contribution in [0.3, 0.4) is 0 Å². The van der Waals surface area contributed by atoms with E-state index >= 15 is 0 Å². The van der Waals surface area contributed by atoms with Gasteiger partial charge >= 0.3 is 0 Å². The first-order valence-corrected chi connectivity index (χ1v) is 12.5. The summed E-state index contributed by atoms with van der Waals surface area (Å²) in [5.41, 5.74) is 1.31. The van der Waals surface area contributed by atoms with Crippen LogP contribution in [0, 0.1) is 24.6 Å². The van der Waals surface area contributed by atoms with Crippen molar-refractivity contribution < 1.29 is 23.5 Å². The van der Waals surface area contributed by atoms with Gasteiger partial charge in [-0.25, -0.2) is 9.37 Å². The average Bonchev–Trinajstić information content (AvgIpc) is 2.87. The first-order chi connectivity index (χ1) is 16.8. The van der Waals surface area contributed by atoms with Crippen LogP contribution >= 0.6 is 0 Å². The average molecular weight is 484 g/mol. The zero-order valence-corrected chi connectivity index (χ0v) is 20.7. The molecular formula is C27H34FN3O4. The van der Waals surface area contributed by atoms with E-state index in [-0.39, 0.29) is 48.0 Å². The molecule has 35 heavy (non-hydrogen) atoms. The Bertz CT molecular complexity index is 1040. The van der Waals surface area contributed by atoms with Crippen molar-refractivity contribution in [1.82, 2.24) is 14.9 Å². The third-order valence-electron chi connectivity index (χ3n) is 6.78. The van der Waals surface area contributed by atoms with Crippen molar-refractivity contribution in [2.24, 2.45) is 11.8 Å². The largest absolute Gasteiger partial charge is 0.475 e. The van der Waals surface area contributed by atoms with Gasteiger partial charge < -0.3 is 14.4 Å². The lowest BCUT2D eigenvalue weighted by molar-refractivity contribution is -0.146. The maximum atomic E-state index is 13.5. The van der Waals surface area contributed by atoms with Gasteiger partial charge in [-0.05, 0) is 44.0 Å². The molecule has 4 rings (SSSR count). The topological polar surface area (TPSA) is 81.6 Å². The normalized spacial score (nSPS) is 22.8. The van der Waals surface area contributed by atoms with Crippen LogP contribution in [0.25, 0.3) is 0 Å². The van der Waals surface area contributed by atoms with E-state index in [9.17, 15) is 14.0 Å². The summed E-state index contributed by atoms with van der Waals surface area (Å²) >= 11 is 0. The number of morpholine rings is 1. The van der Waals surface area contributed by atoms with Gasteiger partial charge in [-0.1, -0.05) is 26.7 Å². The molecule has 2 aromatic rings. The minimum atomic E-state index is -0.378. The zero-order valence-electron chi connectivity index (χ0n) is 20.7. The Labute approximate surface area is 206 Å². The summed E-state index contributed by atoms with van der Waals surface area (Å²) in [7, 11) is 0. The fraction of sp³-hybridized carbons (Fsp3) is 0.556. The first-order valence-electron chi connectivity index (χ1n) is 12.5. The highest BCUT2D eigenvalue weighted by Gasteiger charge is 2.39. The predicted molar refractivity (Wildman–Crippen MR) is 129 cm³/mol. The second-order valence-corrected chi connectivity index (χ2v) is 9.82. The van der Waals surface area contributed by atoms with E-state index < -0.39 is 0 Å². The van der Waals surface area contributed by atoms with Crippen molar-refractivity contribution in [3.05, 3.63) is 53.2 Å². The summed E-state index contributed by atoms with van der Waals surface area (Å²) in [6, 6.07) is 7.40. The zero-order chi connectivity index (χ0) is 24.9. The number of carbonyl (C=O) groups excluding carboxylic acids is 2. The maximum Gasteiger partial charge on any atom is 0.226 e. The molecule has 1 aliphatic carbocycles. The number of Topliss-reactive ketones (excluding diaryl/α,β-unsaturated/α-hetero) is 1. The van der Waals surface area contributed by atoms with E-state index in [1.54, 1.807) is 6.07 Å². The molecule has 2 aliphatic rings. The van der Waals surface area contributed by atoms with Crippen LogP contribution in [-0.2, 0) is 9.53 Å². The molecule has 188 valence electrons. The standard InChI is InChI=1S/C27H34FN3O4/c1-17(2)26-29-18(3)14-24(30-26)35-16-21-15-31(12-13-34-21)27(33)23-7-5-4-6-22(23)25(32)19-8-10-20(28)11-9-19/h8-11,14,17,21-23H,4-7,12-13,15-16H2,1-3H3/t21?,22-,23-/m0/s1. The van der Waals surface area contributed by atoms with Gasteiger partial charge in [-0.3, -0.25) is 9.59 Å². The quantitative estimate of drug-likeness (QED) is 0.545. The summed E-state index contributed by atoms with van der Waals surface area (Å²) < 4.78 is 25.1. The van der Waals surface area contributed by atoms with Gasteiger partial charge in [0, 0.05) is 41.6 Å². The fourth-order valence-electron chi connectivity index (χ4n) is 4.90. The highest BCUT2D eigenvalue weighted by molar-refractivity contribution is 6.00.